The molecular formula is C66H36O4S10. The standard InChI is InChI=1S/C34H18O2S4.C32H18O2S6/c1-15-3-5-25-17(7-15)9-27(37-25)29-13-23-31(35)19-12-22-20(11-21(19)33(23)39-29)32(36)24-14-30(40-34(22)24)28-10-18-8-16(2)4-6-26(18)38-28;1-11-5-17-21(35-11)9-23(37-17)19-7-15-29(33)25-14(4)28-26(13(3)27(25)31(15)39-19)30(34)16-8-20(40-32(16)28)24-10-22-18(38-24)6-12(2)36-22/h3-14H,1-2H3;5-10H,1-4H3. The van der Waals surface area contributed by atoms with Crippen molar-refractivity contribution < 1.29 is 0 Å². The molecule has 4 nitrogen and oxygen atoms in total. The summed E-state index contributed by atoms with van der Waals surface area (Å²) in [5, 5.41) is 12.3. The number of hydrogen-bond acceptors (Lipinski definition) is 14. The van der Waals surface area contributed by atoms with Crippen molar-refractivity contribution >= 4 is 236 Å². The summed E-state index contributed by atoms with van der Waals surface area (Å²) >= 11 is 17.4. The molecule has 0 bridgehead atoms. The maximum absolute atomic E-state index is 13.9. The van der Waals surface area contributed by atoms with Gasteiger partial charge >= 0.3 is 0 Å². The van der Waals surface area contributed by atoms with Gasteiger partial charge in [-0.25, -0.2) is 0 Å². The molecule has 0 spiro atoms. The smallest absolute Gasteiger partial charge is 0.195 e. The minimum Gasteiger partial charge on any atom is -0.289 e. The van der Waals surface area contributed by atoms with Gasteiger partial charge < -0.3 is 0 Å². The monoisotopic (exact) mass is 1210 g/mol. The molecule has 0 aliphatic rings. The van der Waals surface area contributed by atoms with Crippen LogP contribution in [0.2, 0.25) is 0 Å². The van der Waals surface area contributed by atoms with Gasteiger partial charge in [0.05, 0.1) is 0 Å². The van der Waals surface area contributed by atoms with Gasteiger partial charge in [0, 0.05) is 160 Å². The Morgan fingerprint density at radius 1 is 0.250 bits per heavy atom. The Morgan fingerprint density at radius 3 is 0.988 bits per heavy atom. The zero-order valence-electron chi connectivity index (χ0n) is 43.1. The van der Waals surface area contributed by atoms with E-state index in [2.05, 4.69) is 113 Å². The highest BCUT2D eigenvalue weighted by atomic mass is 32.1. The van der Waals surface area contributed by atoms with Crippen LogP contribution in [0.15, 0.2) is 128 Å². The lowest BCUT2D eigenvalue weighted by molar-refractivity contribution is 1.51. The van der Waals surface area contributed by atoms with Crippen LogP contribution in [-0.2, 0) is 0 Å². The highest BCUT2D eigenvalue weighted by molar-refractivity contribution is 7.34. The molecule has 10 aromatic heterocycles. The zero-order valence-corrected chi connectivity index (χ0v) is 51.3. The van der Waals surface area contributed by atoms with Gasteiger partial charge in [-0.1, -0.05) is 35.4 Å². The molecule has 0 saturated carbocycles. The van der Waals surface area contributed by atoms with E-state index < -0.39 is 0 Å². The van der Waals surface area contributed by atoms with E-state index in [-0.39, 0.29) is 21.7 Å². The number of fused-ring (bicyclic) bond motifs is 16. The molecule has 18 aromatic rings. The van der Waals surface area contributed by atoms with Crippen LogP contribution in [0, 0.1) is 41.5 Å². The van der Waals surface area contributed by atoms with Gasteiger partial charge in [-0.05, 0) is 148 Å². The van der Waals surface area contributed by atoms with Crippen LogP contribution < -0.4 is 21.7 Å². The maximum Gasteiger partial charge on any atom is 0.195 e. The predicted molar refractivity (Wildman–Crippen MR) is 362 cm³/mol. The Bertz CT molecular complexity index is 5550. The van der Waals surface area contributed by atoms with E-state index in [4.69, 9.17) is 0 Å². The Kier molecular flexibility index (Phi) is 10.3. The van der Waals surface area contributed by atoms with Gasteiger partial charge in [0.1, 0.15) is 0 Å². The molecule has 0 atom stereocenters. The van der Waals surface area contributed by atoms with Gasteiger partial charge in [0.2, 0.25) is 0 Å². The number of aryl methyl sites for hydroxylation is 6. The summed E-state index contributed by atoms with van der Waals surface area (Å²) in [7, 11) is 0. The van der Waals surface area contributed by atoms with Gasteiger partial charge in [0.15, 0.2) is 21.7 Å². The minimum absolute atomic E-state index is 0.0600. The largest absolute Gasteiger partial charge is 0.289 e. The van der Waals surface area contributed by atoms with Gasteiger partial charge in [0.25, 0.3) is 0 Å². The van der Waals surface area contributed by atoms with Gasteiger partial charge in [-0.3, -0.25) is 19.2 Å². The average Bonchev–Trinajstić information content (AvgIpc) is 4.30. The van der Waals surface area contributed by atoms with Crippen LogP contribution in [0.1, 0.15) is 32.0 Å². The molecule has 0 N–H and O–H groups in total. The quantitative estimate of drug-likeness (QED) is 0.176. The molecule has 0 amide bonds. The molecule has 0 unspecified atom stereocenters. The van der Waals surface area contributed by atoms with Crippen molar-refractivity contribution in [1.29, 1.82) is 0 Å². The molecule has 14 heteroatoms. The summed E-state index contributed by atoms with van der Waals surface area (Å²) in [6, 6.07) is 38.6. The van der Waals surface area contributed by atoms with Crippen molar-refractivity contribution in [3.8, 4) is 39.0 Å². The van der Waals surface area contributed by atoms with E-state index in [0.717, 1.165) is 103 Å². The highest BCUT2D eigenvalue weighted by Crippen LogP contribution is 2.50. The number of benzene rings is 4. The van der Waals surface area contributed by atoms with Crippen molar-refractivity contribution in [2.24, 2.45) is 0 Å². The summed E-state index contributed by atoms with van der Waals surface area (Å²) in [4.78, 5) is 67.0. The van der Waals surface area contributed by atoms with Crippen LogP contribution in [-0.4, -0.2) is 0 Å². The van der Waals surface area contributed by atoms with Crippen molar-refractivity contribution in [1.82, 2.24) is 0 Å². The van der Waals surface area contributed by atoms with Crippen LogP contribution in [0.25, 0.3) is 161 Å². The van der Waals surface area contributed by atoms with E-state index in [9.17, 15) is 19.2 Å². The van der Waals surface area contributed by atoms with Crippen molar-refractivity contribution in [3.05, 3.63) is 182 Å². The van der Waals surface area contributed by atoms with Crippen molar-refractivity contribution in [2.45, 2.75) is 41.5 Å². The molecule has 0 fully saturated rings. The molecule has 0 aliphatic carbocycles. The van der Waals surface area contributed by atoms with Gasteiger partial charge in [-0.15, -0.1) is 113 Å². The van der Waals surface area contributed by atoms with E-state index in [1.54, 1.807) is 90.7 Å². The zero-order chi connectivity index (χ0) is 54.0. The third kappa shape index (κ3) is 6.89. The molecule has 8 aromatic carbocycles. The summed E-state index contributed by atoms with van der Waals surface area (Å²) in [6.45, 7) is 12.6. The predicted octanol–water partition coefficient (Wildman–Crippen LogP) is 21.5. The average molecular weight is 1210 g/mol. The van der Waals surface area contributed by atoms with Crippen LogP contribution >= 0.6 is 113 Å². The fourth-order valence-electron chi connectivity index (χ4n) is 12.3. The third-order valence-electron chi connectivity index (χ3n) is 15.9. The molecule has 80 heavy (non-hydrogen) atoms. The first kappa shape index (κ1) is 48.3. The van der Waals surface area contributed by atoms with E-state index in [1.165, 1.54) is 79.4 Å². The Hall–Kier alpha value is -6.40. The fraction of sp³-hybridized carbons (Fsp3) is 0.0909. The Morgan fingerprint density at radius 2 is 0.588 bits per heavy atom. The second kappa shape index (κ2) is 17.1. The van der Waals surface area contributed by atoms with Crippen molar-refractivity contribution in [2.75, 3.05) is 0 Å². The lowest BCUT2D eigenvalue weighted by atomic mass is 9.99. The first-order valence-corrected chi connectivity index (χ1v) is 34.0. The second-order valence-electron chi connectivity index (χ2n) is 21.1. The molecule has 10 heterocycles. The van der Waals surface area contributed by atoms with E-state index in [1.807, 2.05) is 60.8 Å². The molecular weight excluding hydrogens is 1180 g/mol. The SMILES string of the molecule is Cc1cc2sc(-c3cc4c(=O)c5c(C)c6c(c(C)c5c4s3)c(=O)c3cc(-c4cc5sc(C)cc5s4)sc36)cc2s1.Cc1ccc2sc(-c3cc4c(=O)c5cc6c(cc5c4s3)c(=O)c3cc(-c4cc5cc(C)ccc5s4)sc36)cc2c1. The van der Waals surface area contributed by atoms with Crippen molar-refractivity contribution in [3.63, 3.8) is 0 Å². The van der Waals surface area contributed by atoms with Gasteiger partial charge in [-0.2, -0.15) is 0 Å². The third-order valence-corrected chi connectivity index (χ3v) is 28.0. The van der Waals surface area contributed by atoms with E-state index in [0.29, 0.717) is 10.8 Å². The van der Waals surface area contributed by atoms with Crippen LogP contribution in [0.5, 0.6) is 0 Å². The minimum atomic E-state index is 0.0600. The Balaban J connectivity index is 0.000000128. The summed E-state index contributed by atoms with van der Waals surface area (Å²) < 4.78 is 11.7. The molecule has 0 saturated heterocycles. The first-order chi connectivity index (χ1) is 38.7. The molecule has 18 rings (SSSR count). The molecule has 0 radical (unpaired) electrons. The second-order valence-corrected chi connectivity index (χ2v) is 32.2. The molecule has 384 valence electrons. The highest BCUT2D eigenvalue weighted by Gasteiger charge is 2.27. The lowest BCUT2D eigenvalue weighted by Crippen LogP contribution is -2.00. The normalized spacial score (nSPS) is 12.6. The lowest BCUT2D eigenvalue weighted by Gasteiger charge is -2.05. The topological polar surface area (TPSA) is 68.3 Å². The summed E-state index contributed by atoms with van der Waals surface area (Å²) in [5.74, 6) is 0. The van der Waals surface area contributed by atoms with Crippen LogP contribution in [0.3, 0.4) is 0 Å². The Labute approximate surface area is 493 Å². The number of hydrogen-bond donors (Lipinski definition) is 0. The van der Waals surface area contributed by atoms with E-state index >= 15 is 0 Å². The van der Waals surface area contributed by atoms with Crippen LogP contribution in [0.4, 0.5) is 0 Å². The maximum atomic E-state index is 13.9. The fourth-order valence-corrected chi connectivity index (χ4v) is 24.2. The molecule has 0 aliphatic heterocycles. The summed E-state index contributed by atoms with van der Waals surface area (Å²) in [5.41, 5.74) is 4.69. The summed E-state index contributed by atoms with van der Waals surface area (Å²) in [6.07, 6.45) is 0. The number of thiophene rings is 10. The number of rotatable bonds is 4. The first-order valence-electron chi connectivity index (χ1n) is 25.8.